The van der Waals surface area contributed by atoms with E-state index >= 15 is 0 Å². The average Bonchev–Trinajstić information content (AvgIpc) is 3.41. The van der Waals surface area contributed by atoms with Gasteiger partial charge in [0.25, 0.3) is 5.91 Å². The molecule has 0 spiro atoms. The van der Waals surface area contributed by atoms with Crippen molar-refractivity contribution < 1.29 is 9.18 Å². The fourth-order valence-electron chi connectivity index (χ4n) is 3.78. The number of hydrogen-bond donors (Lipinski definition) is 3. The minimum absolute atomic E-state index is 0.0573. The molecule has 5 rings (SSSR count). The number of hydrogen-bond acceptors (Lipinski definition) is 5. The number of carbonyl (C=O) groups is 1. The van der Waals surface area contributed by atoms with E-state index in [1.54, 1.807) is 43.8 Å². The van der Waals surface area contributed by atoms with Crippen LogP contribution in [0.25, 0.3) is 33.3 Å². The van der Waals surface area contributed by atoms with Gasteiger partial charge in [-0.25, -0.2) is 14.4 Å². The predicted octanol–water partition coefficient (Wildman–Crippen LogP) is 3.62. The van der Waals surface area contributed by atoms with Crippen LogP contribution >= 0.6 is 0 Å². The van der Waals surface area contributed by atoms with Crippen molar-refractivity contribution in [3.05, 3.63) is 72.1 Å². The molecule has 0 saturated carbocycles. The summed E-state index contributed by atoms with van der Waals surface area (Å²) in [7, 11) is 3.74. The highest BCUT2D eigenvalue weighted by molar-refractivity contribution is 6.07. The predicted molar refractivity (Wildman–Crippen MR) is 121 cm³/mol. The van der Waals surface area contributed by atoms with E-state index in [4.69, 9.17) is 0 Å². The Morgan fingerprint density at radius 1 is 1.25 bits per heavy atom. The Balaban J connectivity index is 1.49. The lowest BCUT2D eigenvalue weighted by Crippen LogP contribution is -2.23. The maximum absolute atomic E-state index is 14.5. The summed E-state index contributed by atoms with van der Waals surface area (Å²) in [4.78, 5) is 28.6. The lowest BCUT2D eigenvalue weighted by molar-refractivity contribution is 0.0950. The van der Waals surface area contributed by atoms with E-state index in [0.717, 1.165) is 27.7 Å². The van der Waals surface area contributed by atoms with E-state index < -0.39 is 0 Å². The Bertz CT molecular complexity index is 1460. The SMILES string of the molecule is CNc1nc2[nH]c(-c3ccc(F)c(CNC(=O)c4cccnc4)c3)cc2c2c1ncn2C. The number of nitrogens with one attached hydrogen (secondary N) is 3. The molecule has 0 bridgehead atoms. The summed E-state index contributed by atoms with van der Waals surface area (Å²) in [5.41, 5.74) is 4.83. The van der Waals surface area contributed by atoms with E-state index in [1.807, 2.05) is 17.7 Å². The van der Waals surface area contributed by atoms with Crippen molar-refractivity contribution in [3.8, 4) is 11.3 Å². The van der Waals surface area contributed by atoms with E-state index in [1.165, 1.54) is 12.3 Å². The summed E-state index contributed by atoms with van der Waals surface area (Å²) < 4.78 is 16.4. The maximum Gasteiger partial charge on any atom is 0.253 e. The van der Waals surface area contributed by atoms with Crippen LogP contribution in [0, 0.1) is 5.82 Å². The van der Waals surface area contributed by atoms with Gasteiger partial charge in [0, 0.05) is 49.7 Å². The molecule has 0 fully saturated rings. The molecule has 5 aromatic rings. The molecule has 3 N–H and O–H groups in total. The van der Waals surface area contributed by atoms with Crippen molar-refractivity contribution >= 4 is 33.8 Å². The van der Waals surface area contributed by atoms with Crippen LogP contribution in [0.15, 0.2) is 55.1 Å². The number of aromatic amines is 1. The van der Waals surface area contributed by atoms with Crippen LogP contribution in [0.4, 0.5) is 10.2 Å². The third-order valence-corrected chi connectivity index (χ3v) is 5.39. The van der Waals surface area contributed by atoms with E-state index in [9.17, 15) is 9.18 Å². The summed E-state index contributed by atoms with van der Waals surface area (Å²) in [5.74, 6) is -0.0173. The second kappa shape index (κ2) is 7.77. The van der Waals surface area contributed by atoms with Gasteiger partial charge in [0.2, 0.25) is 0 Å². The lowest BCUT2D eigenvalue weighted by Gasteiger charge is -2.08. The van der Waals surface area contributed by atoms with Crippen LogP contribution in [0.3, 0.4) is 0 Å². The highest BCUT2D eigenvalue weighted by Gasteiger charge is 2.16. The Kier molecular flexibility index (Phi) is 4.78. The molecule has 8 nitrogen and oxygen atoms in total. The molecule has 1 amide bonds. The van der Waals surface area contributed by atoms with Crippen molar-refractivity contribution in [2.24, 2.45) is 7.05 Å². The van der Waals surface area contributed by atoms with Gasteiger partial charge in [0.15, 0.2) is 5.82 Å². The van der Waals surface area contributed by atoms with Gasteiger partial charge in [-0.3, -0.25) is 9.78 Å². The first kappa shape index (κ1) is 19.7. The monoisotopic (exact) mass is 429 g/mol. The van der Waals surface area contributed by atoms with Gasteiger partial charge in [0.05, 0.1) is 17.4 Å². The average molecular weight is 429 g/mol. The Morgan fingerprint density at radius 3 is 2.91 bits per heavy atom. The normalized spacial score (nSPS) is 11.2. The number of fused-ring (bicyclic) bond motifs is 3. The van der Waals surface area contributed by atoms with Gasteiger partial charge < -0.3 is 20.2 Å². The molecule has 1 aromatic carbocycles. The van der Waals surface area contributed by atoms with Crippen LogP contribution in [-0.4, -0.2) is 37.5 Å². The van der Waals surface area contributed by atoms with Crippen molar-refractivity contribution in [2.75, 3.05) is 12.4 Å². The van der Waals surface area contributed by atoms with Crippen molar-refractivity contribution in [3.63, 3.8) is 0 Å². The number of carbonyl (C=O) groups excluding carboxylic acids is 1. The van der Waals surface area contributed by atoms with Crippen LogP contribution in [-0.2, 0) is 13.6 Å². The zero-order chi connectivity index (χ0) is 22.2. The third kappa shape index (κ3) is 3.33. The fourth-order valence-corrected chi connectivity index (χ4v) is 3.78. The molecule has 160 valence electrons. The molecule has 9 heteroatoms. The first-order valence-electron chi connectivity index (χ1n) is 10.0. The smallest absolute Gasteiger partial charge is 0.253 e. The molecular weight excluding hydrogens is 409 g/mol. The minimum Gasteiger partial charge on any atom is -0.371 e. The molecule has 32 heavy (non-hydrogen) atoms. The molecule has 4 aromatic heterocycles. The highest BCUT2D eigenvalue weighted by atomic mass is 19.1. The number of pyridine rings is 2. The van der Waals surface area contributed by atoms with Crippen LogP contribution in [0.2, 0.25) is 0 Å². The van der Waals surface area contributed by atoms with Gasteiger partial charge in [-0.2, -0.15) is 0 Å². The van der Waals surface area contributed by atoms with Gasteiger partial charge in [0.1, 0.15) is 17.0 Å². The van der Waals surface area contributed by atoms with Crippen LogP contribution in [0.1, 0.15) is 15.9 Å². The molecular formula is C23H20FN7O. The summed E-state index contributed by atoms with van der Waals surface area (Å²) in [5, 5.41) is 6.74. The van der Waals surface area contributed by atoms with Crippen molar-refractivity contribution in [2.45, 2.75) is 6.54 Å². The standard InChI is InChI=1S/C23H20FN7O/c1-25-22-19-20(31(2)12-28-19)16-9-18(29-21(16)30-22)13-5-6-17(24)15(8-13)11-27-23(32)14-4-3-7-26-10-14/h3-10,12H,11H2,1-2H3,(H,27,32)(H2,25,29,30). The number of halogens is 1. The van der Waals surface area contributed by atoms with E-state index in [-0.39, 0.29) is 18.3 Å². The first-order valence-corrected chi connectivity index (χ1v) is 10.0. The maximum atomic E-state index is 14.5. The Labute approximate surface area is 182 Å². The summed E-state index contributed by atoms with van der Waals surface area (Å²) >= 11 is 0. The molecule has 0 aliphatic rings. The first-order chi connectivity index (χ1) is 15.5. The fraction of sp³-hybridized carbons (Fsp3) is 0.130. The number of anilines is 1. The van der Waals surface area contributed by atoms with Crippen molar-refractivity contribution in [1.82, 2.24) is 29.8 Å². The molecule has 0 radical (unpaired) electrons. The molecule has 0 atom stereocenters. The number of amides is 1. The Hall–Kier alpha value is -4.27. The van der Waals surface area contributed by atoms with Gasteiger partial charge in [-0.15, -0.1) is 0 Å². The highest BCUT2D eigenvalue weighted by Crippen LogP contribution is 2.32. The summed E-state index contributed by atoms with van der Waals surface area (Å²) in [6.07, 6.45) is 4.81. The number of aromatic nitrogens is 5. The summed E-state index contributed by atoms with van der Waals surface area (Å²) in [6.45, 7) is 0.0573. The van der Waals surface area contributed by atoms with Gasteiger partial charge in [-0.05, 0) is 42.0 Å². The van der Waals surface area contributed by atoms with Gasteiger partial charge in [-0.1, -0.05) is 0 Å². The number of rotatable bonds is 5. The number of benzene rings is 1. The third-order valence-electron chi connectivity index (χ3n) is 5.39. The second-order valence-electron chi connectivity index (χ2n) is 7.44. The molecule has 0 saturated heterocycles. The van der Waals surface area contributed by atoms with Crippen molar-refractivity contribution in [1.29, 1.82) is 0 Å². The topological polar surface area (TPSA) is 101 Å². The molecule has 4 heterocycles. The van der Waals surface area contributed by atoms with E-state index in [0.29, 0.717) is 22.6 Å². The number of H-pyrrole nitrogens is 1. The number of nitrogens with zero attached hydrogens (tertiary/aromatic N) is 4. The zero-order valence-corrected chi connectivity index (χ0v) is 17.5. The van der Waals surface area contributed by atoms with Crippen LogP contribution in [0.5, 0.6) is 0 Å². The largest absolute Gasteiger partial charge is 0.371 e. The number of imidazole rings is 1. The lowest BCUT2D eigenvalue weighted by atomic mass is 10.1. The quantitative estimate of drug-likeness (QED) is 0.396. The van der Waals surface area contributed by atoms with Gasteiger partial charge >= 0.3 is 0 Å². The molecule has 0 unspecified atom stereocenters. The molecule has 0 aliphatic carbocycles. The number of aryl methyl sites for hydroxylation is 1. The second-order valence-corrected chi connectivity index (χ2v) is 7.44. The zero-order valence-electron chi connectivity index (χ0n) is 17.5. The summed E-state index contributed by atoms with van der Waals surface area (Å²) in [6, 6.07) is 10.1. The van der Waals surface area contributed by atoms with Crippen LogP contribution < -0.4 is 10.6 Å². The minimum atomic E-state index is -0.388. The Morgan fingerprint density at radius 2 is 2.12 bits per heavy atom. The van der Waals surface area contributed by atoms with E-state index in [2.05, 4.69) is 30.6 Å². The molecule has 0 aliphatic heterocycles.